The maximum atomic E-state index is 13.1. The van der Waals surface area contributed by atoms with Crippen LogP contribution in [0.5, 0.6) is 0 Å². The van der Waals surface area contributed by atoms with Crippen molar-refractivity contribution in [2.24, 2.45) is 11.8 Å². The van der Waals surface area contributed by atoms with E-state index in [1.165, 1.54) is 12.8 Å². The molecule has 5 heteroatoms. The zero-order chi connectivity index (χ0) is 15.6. The molecular weight excluding hydrogens is 288 g/mol. The first-order chi connectivity index (χ1) is 11.3. The number of nitrogens with zero attached hydrogens (tertiary/aromatic N) is 3. The molecule has 2 atom stereocenters. The molecule has 0 bridgehead atoms. The van der Waals surface area contributed by atoms with E-state index in [0.717, 1.165) is 75.3 Å². The Labute approximate surface area is 138 Å². The largest absolute Gasteiger partial charge is 0.356 e. The lowest BCUT2D eigenvalue weighted by Gasteiger charge is -2.25. The highest BCUT2D eigenvalue weighted by Crippen LogP contribution is 2.29. The average molecular weight is 314 g/mol. The van der Waals surface area contributed by atoms with Gasteiger partial charge in [0.25, 0.3) is 5.91 Å². The van der Waals surface area contributed by atoms with Crippen molar-refractivity contribution in [3.8, 4) is 0 Å². The number of rotatable bonds is 2. The van der Waals surface area contributed by atoms with Crippen LogP contribution in [0.1, 0.15) is 36.0 Å². The summed E-state index contributed by atoms with van der Waals surface area (Å²) in [6.45, 7) is 6.06. The van der Waals surface area contributed by atoms with Crippen molar-refractivity contribution in [3.05, 3.63) is 23.9 Å². The molecule has 0 aromatic carbocycles. The second kappa shape index (κ2) is 6.48. The monoisotopic (exact) mass is 314 g/mol. The van der Waals surface area contributed by atoms with Gasteiger partial charge < -0.3 is 15.1 Å². The van der Waals surface area contributed by atoms with E-state index >= 15 is 0 Å². The molecule has 1 amide bonds. The molecule has 1 aromatic heterocycles. The number of hydrogen-bond acceptors (Lipinski definition) is 4. The van der Waals surface area contributed by atoms with Crippen molar-refractivity contribution in [2.75, 3.05) is 44.2 Å². The van der Waals surface area contributed by atoms with Gasteiger partial charge in [0, 0.05) is 32.4 Å². The van der Waals surface area contributed by atoms with E-state index < -0.39 is 0 Å². The van der Waals surface area contributed by atoms with Crippen molar-refractivity contribution in [1.82, 2.24) is 15.2 Å². The van der Waals surface area contributed by atoms with E-state index in [9.17, 15) is 4.79 Å². The SMILES string of the molecule is O=C(c1cccnc1N1CCCC1)N1CC[C@@H]2CNC[C@@H]2CC1. The average Bonchev–Trinajstić information content (AvgIpc) is 3.23. The molecule has 4 heterocycles. The summed E-state index contributed by atoms with van der Waals surface area (Å²) >= 11 is 0. The normalized spacial score (nSPS) is 27.8. The summed E-state index contributed by atoms with van der Waals surface area (Å²) in [6.07, 6.45) is 6.46. The number of amides is 1. The third kappa shape index (κ3) is 2.94. The van der Waals surface area contributed by atoms with Crippen LogP contribution < -0.4 is 10.2 Å². The number of hydrogen-bond donors (Lipinski definition) is 1. The van der Waals surface area contributed by atoms with Gasteiger partial charge in [0.15, 0.2) is 0 Å². The minimum absolute atomic E-state index is 0.174. The van der Waals surface area contributed by atoms with E-state index in [4.69, 9.17) is 0 Å². The topological polar surface area (TPSA) is 48.5 Å². The highest BCUT2D eigenvalue weighted by Gasteiger charge is 2.32. The van der Waals surface area contributed by atoms with Crippen LogP contribution in [0, 0.1) is 11.8 Å². The van der Waals surface area contributed by atoms with Gasteiger partial charge in [-0.05, 0) is 62.7 Å². The number of anilines is 1. The number of fused-ring (bicyclic) bond motifs is 1. The predicted molar refractivity (Wildman–Crippen MR) is 90.7 cm³/mol. The number of likely N-dealkylation sites (tertiary alicyclic amines) is 1. The van der Waals surface area contributed by atoms with Crippen LogP contribution in [-0.4, -0.2) is 55.1 Å². The minimum Gasteiger partial charge on any atom is -0.356 e. The number of carbonyl (C=O) groups is 1. The molecule has 0 saturated carbocycles. The fourth-order valence-corrected chi connectivity index (χ4v) is 4.34. The molecule has 0 spiro atoms. The molecule has 1 N–H and O–H groups in total. The standard InChI is InChI=1S/C18H26N4O/c23-18(22-10-5-14-12-19-13-15(14)6-11-22)16-4-3-7-20-17(16)21-8-1-2-9-21/h3-4,7,14-15,19H,1-2,5-6,8-13H2/t14-,15+. The van der Waals surface area contributed by atoms with Gasteiger partial charge in [0.05, 0.1) is 5.56 Å². The molecule has 3 fully saturated rings. The third-order valence-electron chi connectivity index (χ3n) is 5.73. The van der Waals surface area contributed by atoms with Crippen LogP contribution in [0.3, 0.4) is 0 Å². The lowest BCUT2D eigenvalue weighted by molar-refractivity contribution is 0.0759. The van der Waals surface area contributed by atoms with Crippen LogP contribution in [0.2, 0.25) is 0 Å². The molecule has 0 aliphatic carbocycles. The van der Waals surface area contributed by atoms with Gasteiger partial charge >= 0.3 is 0 Å². The predicted octanol–water partition coefficient (Wildman–Crippen LogP) is 1.75. The highest BCUT2D eigenvalue weighted by atomic mass is 16.2. The van der Waals surface area contributed by atoms with Crippen molar-refractivity contribution in [1.29, 1.82) is 0 Å². The van der Waals surface area contributed by atoms with E-state index in [1.54, 1.807) is 0 Å². The second-order valence-corrected chi connectivity index (χ2v) is 7.12. The molecule has 0 unspecified atom stereocenters. The molecule has 0 radical (unpaired) electrons. The van der Waals surface area contributed by atoms with Gasteiger partial charge in [0.1, 0.15) is 5.82 Å². The summed E-state index contributed by atoms with van der Waals surface area (Å²) in [7, 11) is 0. The second-order valence-electron chi connectivity index (χ2n) is 7.12. The first kappa shape index (κ1) is 14.9. The van der Waals surface area contributed by atoms with Gasteiger partial charge in [-0.1, -0.05) is 0 Å². The highest BCUT2D eigenvalue weighted by molar-refractivity contribution is 5.99. The van der Waals surface area contributed by atoms with Gasteiger partial charge in [-0.3, -0.25) is 4.79 Å². The van der Waals surface area contributed by atoms with Crippen LogP contribution in [0.15, 0.2) is 18.3 Å². The molecule has 4 rings (SSSR count). The fourth-order valence-electron chi connectivity index (χ4n) is 4.34. The smallest absolute Gasteiger partial charge is 0.257 e. The zero-order valence-corrected chi connectivity index (χ0v) is 13.7. The third-order valence-corrected chi connectivity index (χ3v) is 5.73. The Morgan fingerprint density at radius 3 is 2.48 bits per heavy atom. The van der Waals surface area contributed by atoms with Gasteiger partial charge in [-0.15, -0.1) is 0 Å². The summed E-state index contributed by atoms with van der Waals surface area (Å²) in [6, 6.07) is 3.85. The van der Waals surface area contributed by atoms with Gasteiger partial charge in [-0.25, -0.2) is 4.98 Å². The maximum absolute atomic E-state index is 13.1. The number of aromatic nitrogens is 1. The lowest BCUT2D eigenvalue weighted by atomic mass is 9.92. The molecule has 1 aromatic rings. The van der Waals surface area contributed by atoms with Crippen molar-refractivity contribution >= 4 is 11.7 Å². The maximum Gasteiger partial charge on any atom is 0.257 e. The number of carbonyl (C=O) groups excluding carboxylic acids is 1. The molecule has 3 aliphatic heterocycles. The molecule has 23 heavy (non-hydrogen) atoms. The fraction of sp³-hybridized carbons (Fsp3) is 0.667. The van der Waals surface area contributed by atoms with E-state index in [-0.39, 0.29) is 5.91 Å². The van der Waals surface area contributed by atoms with Gasteiger partial charge in [0.2, 0.25) is 0 Å². The first-order valence-corrected chi connectivity index (χ1v) is 9.03. The van der Waals surface area contributed by atoms with E-state index in [2.05, 4.69) is 20.1 Å². The Hall–Kier alpha value is -1.62. The summed E-state index contributed by atoms with van der Waals surface area (Å²) in [5, 5.41) is 3.49. The Bertz CT molecular complexity index is 556. The Morgan fingerprint density at radius 2 is 1.78 bits per heavy atom. The molecule has 3 aliphatic rings. The minimum atomic E-state index is 0.174. The number of pyridine rings is 1. The summed E-state index contributed by atoms with van der Waals surface area (Å²) in [5.74, 6) is 2.56. The zero-order valence-electron chi connectivity index (χ0n) is 13.7. The van der Waals surface area contributed by atoms with Crippen LogP contribution in [-0.2, 0) is 0 Å². The summed E-state index contributed by atoms with van der Waals surface area (Å²) < 4.78 is 0. The Morgan fingerprint density at radius 1 is 1.09 bits per heavy atom. The van der Waals surface area contributed by atoms with Crippen LogP contribution in [0.4, 0.5) is 5.82 Å². The van der Waals surface area contributed by atoms with Crippen LogP contribution >= 0.6 is 0 Å². The molecule has 3 saturated heterocycles. The molecule has 5 nitrogen and oxygen atoms in total. The lowest BCUT2D eigenvalue weighted by Crippen LogP contribution is -2.34. The molecular formula is C18H26N4O. The van der Waals surface area contributed by atoms with Crippen molar-refractivity contribution < 1.29 is 4.79 Å². The molecule has 124 valence electrons. The summed E-state index contributed by atoms with van der Waals surface area (Å²) in [4.78, 5) is 22.0. The Balaban J connectivity index is 1.52. The van der Waals surface area contributed by atoms with Gasteiger partial charge in [-0.2, -0.15) is 0 Å². The Kier molecular flexibility index (Phi) is 4.21. The first-order valence-electron chi connectivity index (χ1n) is 9.03. The van der Waals surface area contributed by atoms with Crippen molar-refractivity contribution in [2.45, 2.75) is 25.7 Å². The number of nitrogens with one attached hydrogen (secondary N) is 1. The quantitative estimate of drug-likeness (QED) is 0.903. The van der Waals surface area contributed by atoms with E-state index in [1.807, 2.05) is 18.3 Å². The van der Waals surface area contributed by atoms with E-state index in [0.29, 0.717) is 0 Å². The summed E-state index contributed by atoms with van der Waals surface area (Å²) in [5.41, 5.74) is 0.791. The van der Waals surface area contributed by atoms with Crippen LogP contribution in [0.25, 0.3) is 0 Å². The van der Waals surface area contributed by atoms with Crippen molar-refractivity contribution in [3.63, 3.8) is 0 Å².